The van der Waals surface area contributed by atoms with Crippen molar-refractivity contribution in [2.75, 3.05) is 0 Å². The number of cyclic esters (lactones) is 2. The summed E-state index contributed by atoms with van der Waals surface area (Å²) in [4.78, 5) is 21.0. The zero-order valence-corrected chi connectivity index (χ0v) is 7.04. The Bertz CT molecular complexity index is 171. The number of rotatable bonds is 4. The maximum Gasteiger partial charge on any atom is 0.420 e. The van der Waals surface area contributed by atoms with Crippen LogP contribution in [0.25, 0.3) is 0 Å². The van der Waals surface area contributed by atoms with Crippen molar-refractivity contribution in [2.45, 2.75) is 38.9 Å². The van der Waals surface area contributed by atoms with Gasteiger partial charge in [0.05, 0.1) is 0 Å². The van der Waals surface area contributed by atoms with E-state index in [2.05, 4.69) is 16.4 Å². The van der Waals surface area contributed by atoms with E-state index in [1.54, 1.807) is 0 Å². The Hall–Kier alpha value is -1.06. The van der Waals surface area contributed by atoms with E-state index < -0.39 is 18.2 Å². The van der Waals surface area contributed by atoms with Gasteiger partial charge < -0.3 is 9.47 Å². The highest BCUT2D eigenvalue weighted by molar-refractivity contribution is 6.30. The second-order valence-corrected chi connectivity index (χ2v) is 2.74. The number of hydrogen-bond donors (Lipinski definition) is 0. The van der Waals surface area contributed by atoms with E-state index in [-0.39, 0.29) is 0 Å². The van der Waals surface area contributed by atoms with Gasteiger partial charge in [-0.1, -0.05) is 19.8 Å². The Morgan fingerprint density at radius 1 is 1.17 bits per heavy atom. The summed E-state index contributed by atoms with van der Waals surface area (Å²) >= 11 is 0. The zero-order chi connectivity index (χ0) is 8.97. The fourth-order valence-electron chi connectivity index (χ4n) is 1.04. The minimum Gasteiger partial charge on any atom is -0.417 e. The standard InChI is InChI=1S/C8H12O4/c1-2-3-4-5-6-11-7(9)8(10)12-6/h6H,2-5H2,1H3. The summed E-state index contributed by atoms with van der Waals surface area (Å²) in [5.41, 5.74) is 0. The molecular weight excluding hydrogens is 160 g/mol. The van der Waals surface area contributed by atoms with Gasteiger partial charge in [-0.3, -0.25) is 0 Å². The number of ether oxygens (including phenoxy) is 2. The summed E-state index contributed by atoms with van der Waals surface area (Å²) in [6.07, 6.45) is 3.06. The maximum atomic E-state index is 10.5. The van der Waals surface area contributed by atoms with Gasteiger partial charge in [-0.2, -0.15) is 0 Å². The van der Waals surface area contributed by atoms with E-state index in [9.17, 15) is 9.59 Å². The molecule has 1 aliphatic heterocycles. The molecule has 1 aliphatic rings. The molecule has 1 rings (SSSR count). The number of esters is 2. The molecule has 0 amide bonds. The van der Waals surface area contributed by atoms with Crippen LogP contribution in [-0.2, 0) is 19.1 Å². The molecule has 68 valence electrons. The topological polar surface area (TPSA) is 52.6 Å². The van der Waals surface area contributed by atoms with E-state index in [4.69, 9.17) is 0 Å². The van der Waals surface area contributed by atoms with Gasteiger partial charge in [-0.25, -0.2) is 9.59 Å². The molecule has 0 aromatic rings. The van der Waals surface area contributed by atoms with Crippen molar-refractivity contribution in [2.24, 2.45) is 0 Å². The lowest BCUT2D eigenvalue weighted by molar-refractivity contribution is -0.150. The molecule has 1 fully saturated rings. The fraction of sp³-hybridized carbons (Fsp3) is 0.750. The zero-order valence-electron chi connectivity index (χ0n) is 7.04. The molecule has 0 radical (unpaired) electrons. The SMILES string of the molecule is CCCCCC1OC(=O)C(=O)O1. The van der Waals surface area contributed by atoms with Crippen molar-refractivity contribution in [3.63, 3.8) is 0 Å². The summed E-state index contributed by atoms with van der Waals surface area (Å²) in [7, 11) is 0. The molecule has 0 N–H and O–H groups in total. The molecule has 1 heterocycles. The monoisotopic (exact) mass is 172 g/mol. The lowest BCUT2D eigenvalue weighted by Crippen LogP contribution is -2.07. The van der Waals surface area contributed by atoms with Crippen molar-refractivity contribution in [1.29, 1.82) is 0 Å². The third-order valence-corrected chi connectivity index (χ3v) is 1.69. The lowest BCUT2D eigenvalue weighted by Gasteiger charge is -2.05. The largest absolute Gasteiger partial charge is 0.420 e. The molecular formula is C8H12O4. The van der Waals surface area contributed by atoms with E-state index in [1.807, 2.05) is 0 Å². The third-order valence-electron chi connectivity index (χ3n) is 1.69. The summed E-state index contributed by atoms with van der Waals surface area (Å²) in [5.74, 6) is -1.73. The Morgan fingerprint density at radius 2 is 1.75 bits per heavy atom. The first-order chi connectivity index (χ1) is 5.74. The van der Waals surface area contributed by atoms with Crippen molar-refractivity contribution >= 4 is 11.9 Å². The Balaban J connectivity index is 2.19. The average Bonchev–Trinajstić information content (AvgIpc) is 2.32. The van der Waals surface area contributed by atoms with Gasteiger partial charge in [0, 0.05) is 6.42 Å². The minimum absolute atomic E-state index is 0.616. The van der Waals surface area contributed by atoms with Gasteiger partial charge in [0.1, 0.15) is 0 Å². The van der Waals surface area contributed by atoms with Crippen LogP contribution in [0.15, 0.2) is 0 Å². The molecule has 0 spiro atoms. The Labute approximate surface area is 70.8 Å². The molecule has 4 nitrogen and oxygen atoms in total. The predicted octanol–water partition coefficient (Wildman–Crippen LogP) is 0.993. The average molecular weight is 172 g/mol. The normalized spacial score (nSPS) is 17.8. The summed E-state index contributed by atoms with van der Waals surface area (Å²) < 4.78 is 9.22. The molecule has 0 bridgehead atoms. The van der Waals surface area contributed by atoms with Crippen molar-refractivity contribution in [1.82, 2.24) is 0 Å². The van der Waals surface area contributed by atoms with Crippen LogP contribution >= 0.6 is 0 Å². The summed E-state index contributed by atoms with van der Waals surface area (Å²) in [5, 5.41) is 0. The van der Waals surface area contributed by atoms with Crippen molar-refractivity contribution in [3.05, 3.63) is 0 Å². The number of hydrogen-bond acceptors (Lipinski definition) is 4. The second kappa shape index (κ2) is 4.09. The van der Waals surface area contributed by atoms with Crippen LogP contribution in [0.1, 0.15) is 32.6 Å². The first kappa shape index (κ1) is 9.03. The van der Waals surface area contributed by atoms with Crippen molar-refractivity contribution in [3.8, 4) is 0 Å². The van der Waals surface area contributed by atoms with E-state index >= 15 is 0 Å². The highest BCUT2D eigenvalue weighted by atomic mass is 16.8. The highest BCUT2D eigenvalue weighted by Gasteiger charge is 2.33. The van der Waals surface area contributed by atoms with Gasteiger partial charge in [-0.05, 0) is 6.42 Å². The molecule has 0 aromatic carbocycles. The number of carbonyl (C=O) groups excluding carboxylic acids is 2. The third kappa shape index (κ3) is 2.22. The van der Waals surface area contributed by atoms with Crippen LogP contribution in [-0.4, -0.2) is 18.2 Å². The quantitative estimate of drug-likeness (QED) is 0.360. The van der Waals surface area contributed by atoms with Gasteiger partial charge in [-0.15, -0.1) is 0 Å². The number of unbranched alkanes of at least 4 members (excludes halogenated alkanes) is 2. The first-order valence-electron chi connectivity index (χ1n) is 4.15. The molecule has 0 aliphatic carbocycles. The highest BCUT2D eigenvalue weighted by Crippen LogP contribution is 2.14. The number of carbonyl (C=O) groups is 2. The van der Waals surface area contributed by atoms with Crippen LogP contribution in [0, 0.1) is 0 Å². The van der Waals surface area contributed by atoms with Gasteiger partial charge in [0.25, 0.3) is 0 Å². The summed E-state index contributed by atoms with van der Waals surface area (Å²) in [6, 6.07) is 0. The van der Waals surface area contributed by atoms with Crippen LogP contribution in [0.2, 0.25) is 0 Å². The van der Waals surface area contributed by atoms with Gasteiger partial charge >= 0.3 is 11.9 Å². The van der Waals surface area contributed by atoms with Gasteiger partial charge in [0.15, 0.2) is 0 Å². The maximum absolute atomic E-state index is 10.5. The molecule has 0 aromatic heterocycles. The molecule has 4 heteroatoms. The van der Waals surface area contributed by atoms with Crippen LogP contribution < -0.4 is 0 Å². The van der Waals surface area contributed by atoms with E-state index in [1.165, 1.54) is 0 Å². The molecule has 0 unspecified atom stereocenters. The van der Waals surface area contributed by atoms with E-state index in [0.29, 0.717) is 6.42 Å². The predicted molar refractivity (Wildman–Crippen MR) is 40.1 cm³/mol. The molecule has 12 heavy (non-hydrogen) atoms. The summed E-state index contributed by atoms with van der Waals surface area (Å²) in [6.45, 7) is 2.08. The second-order valence-electron chi connectivity index (χ2n) is 2.74. The lowest BCUT2D eigenvalue weighted by atomic mass is 10.2. The van der Waals surface area contributed by atoms with Crippen LogP contribution in [0.3, 0.4) is 0 Å². The molecule has 1 saturated heterocycles. The van der Waals surface area contributed by atoms with E-state index in [0.717, 1.165) is 19.3 Å². The van der Waals surface area contributed by atoms with Crippen LogP contribution in [0.5, 0.6) is 0 Å². The van der Waals surface area contributed by atoms with Crippen LogP contribution in [0.4, 0.5) is 0 Å². The first-order valence-corrected chi connectivity index (χ1v) is 4.15. The molecule has 0 atom stereocenters. The van der Waals surface area contributed by atoms with Gasteiger partial charge in [0.2, 0.25) is 6.29 Å². The Morgan fingerprint density at radius 3 is 2.25 bits per heavy atom. The van der Waals surface area contributed by atoms with Crippen molar-refractivity contribution < 1.29 is 19.1 Å². The minimum atomic E-state index is -0.864. The fourth-order valence-corrected chi connectivity index (χ4v) is 1.04. The smallest absolute Gasteiger partial charge is 0.417 e. The Kier molecular flexibility index (Phi) is 3.08. The molecule has 0 saturated carbocycles.